The van der Waals surface area contributed by atoms with Crippen LogP contribution in [0, 0.1) is 0 Å². The first kappa shape index (κ1) is 34.3. The van der Waals surface area contributed by atoms with Crippen molar-refractivity contribution in [3.05, 3.63) is 94.6 Å². The largest absolute Gasteiger partial charge is 2.00 e. The van der Waals surface area contributed by atoms with Crippen LogP contribution >= 0.6 is 0 Å². The number of nitrogens with one attached hydrogen (secondary N) is 1. The number of fused-ring (bicyclic) bond motifs is 8. The van der Waals surface area contributed by atoms with E-state index in [1.165, 1.54) is 12.1 Å². The summed E-state index contributed by atoms with van der Waals surface area (Å²) in [6, 6.07) is 16.0. The Morgan fingerprint density at radius 3 is 1.82 bits per heavy atom. The Morgan fingerprint density at radius 2 is 1.27 bits per heavy atom. The smallest absolute Gasteiger partial charge is 1.00 e. The molecule has 0 saturated carbocycles. The van der Waals surface area contributed by atoms with Crippen molar-refractivity contribution in [2.45, 2.75) is 0 Å². The van der Waals surface area contributed by atoms with Gasteiger partial charge in [-0.1, -0.05) is 30.3 Å². The molecule has 5 N–H and O–H groups in total. The van der Waals surface area contributed by atoms with Crippen LogP contribution in [0.25, 0.3) is 57.0 Å². The van der Waals surface area contributed by atoms with E-state index in [-0.39, 0.29) is 69.9 Å². The molecule has 15 heteroatoms. The maximum atomic E-state index is 12.9. The van der Waals surface area contributed by atoms with E-state index >= 15 is 0 Å². The van der Waals surface area contributed by atoms with Gasteiger partial charge in [0.1, 0.15) is 5.56 Å². The number of carboxylic acid groups (broad SMARTS) is 4. The number of aromatic carboxylic acids is 2. The number of aromatic amines is 1. The topological polar surface area (TPSA) is 196 Å². The van der Waals surface area contributed by atoms with Crippen LogP contribution in [0.1, 0.15) is 43.5 Å². The molecule has 1 radical (unpaired) electrons. The minimum Gasteiger partial charge on any atom is -1.00 e. The number of aromatic nitrogens is 4. The first-order chi connectivity index (χ1) is 20.1. The van der Waals surface area contributed by atoms with E-state index in [9.17, 15) is 39.6 Å². The van der Waals surface area contributed by atoms with E-state index in [4.69, 9.17) is 0 Å². The minimum absolute atomic E-state index is 0. The fourth-order valence-corrected chi connectivity index (χ4v) is 5.06. The Morgan fingerprint density at radius 1 is 0.689 bits per heavy atom. The molecule has 12 nitrogen and oxygen atoms in total. The van der Waals surface area contributed by atoms with Gasteiger partial charge in [0.15, 0.2) is 0 Å². The molecule has 0 saturated heterocycles. The predicted octanol–water partition coefficient (Wildman–Crippen LogP) is -0.821. The van der Waals surface area contributed by atoms with Gasteiger partial charge in [0, 0.05) is 16.6 Å². The Bertz CT molecular complexity index is 2120. The second-order valence-corrected chi connectivity index (χ2v) is 9.30. The van der Waals surface area contributed by atoms with Crippen molar-refractivity contribution < 1.29 is 81.5 Å². The van der Waals surface area contributed by atoms with Gasteiger partial charge in [-0.05, 0) is 54.1 Å². The van der Waals surface area contributed by atoms with E-state index in [1.807, 2.05) is 0 Å². The van der Waals surface area contributed by atoms with E-state index in [0.717, 1.165) is 6.08 Å². The first-order valence-electron chi connectivity index (χ1n) is 12.3. The summed E-state index contributed by atoms with van der Waals surface area (Å²) in [4.78, 5) is 62.7. The molecule has 2 aliphatic rings. The predicted molar refractivity (Wildman–Crippen MR) is 152 cm³/mol. The van der Waals surface area contributed by atoms with Crippen LogP contribution < -0.4 is 24.8 Å². The van der Waals surface area contributed by atoms with Crippen LogP contribution in [0.4, 0.5) is 4.79 Å². The quantitative estimate of drug-likeness (QED) is 0.149. The molecule has 0 unspecified atom stereocenters. The van der Waals surface area contributed by atoms with Crippen molar-refractivity contribution in [2.24, 2.45) is 0 Å². The number of carboxylic acids is 3. The molecular weight excluding hydrogens is 670 g/mol. The number of halogens is 2. The second kappa shape index (κ2) is 13.2. The third-order valence-electron chi connectivity index (χ3n) is 6.69. The molecule has 0 amide bonds. The summed E-state index contributed by atoms with van der Waals surface area (Å²) in [6.45, 7) is 0. The second-order valence-electron chi connectivity index (χ2n) is 9.30. The average molecular weight is 688 g/mol. The number of nitrogens with zero attached hydrogens (tertiary/aromatic N) is 3. The Kier molecular flexibility index (Phi) is 10.1. The molecule has 8 bridgehead atoms. The molecule has 2 aliphatic heterocycles. The van der Waals surface area contributed by atoms with Crippen LogP contribution in [0.2, 0.25) is 0 Å². The molecule has 3 aromatic heterocycles. The number of aliphatic carboxylic acids is 1. The molecule has 227 valence electrons. The van der Waals surface area contributed by atoms with Gasteiger partial charge in [-0.15, -0.1) is 0 Å². The van der Waals surface area contributed by atoms with Gasteiger partial charge in [-0.25, -0.2) is 33.7 Å². The fourth-order valence-electron chi connectivity index (χ4n) is 5.06. The Hall–Kier alpha value is -5.20. The van der Waals surface area contributed by atoms with Crippen LogP contribution in [-0.2, 0) is 21.9 Å². The van der Waals surface area contributed by atoms with Gasteiger partial charge in [-0.2, -0.15) is 0 Å². The minimum atomic E-state index is -1.78. The zero-order valence-corrected chi connectivity index (χ0v) is 25.1. The van der Waals surface area contributed by atoms with E-state index < -0.39 is 51.9 Å². The number of hydrogen-bond donors (Lipinski definition) is 5. The van der Waals surface area contributed by atoms with Crippen molar-refractivity contribution in [3.63, 3.8) is 0 Å². The number of carbonyl (C=O) groups is 4. The molecule has 0 aliphatic carbocycles. The molecule has 0 fully saturated rings. The summed E-state index contributed by atoms with van der Waals surface area (Å²) in [5, 5.41) is 41.3. The third kappa shape index (κ3) is 6.10. The molecule has 1 aromatic carbocycles. The number of rotatable bonds is 4. The van der Waals surface area contributed by atoms with Crippen LogP contribution in [-0.4, -0.2) is 63.9 Å². The van der Waals surface area contributed by atoms with Crippen molar-refractivity contribution in [1.82, 2.24) is 19.5 Å². The normalized spacial score (nSPS) is 11.3. The zero-order valence-electron chi connectivity index (χ0n) is 22.4. The van der Waals surface area contributed by atoms with Crippen molar-refractivity contribution >= 4 is 69.9 Å². The number of benzene rings is 1. The van der Waals surface area contributed by atoms with E-state index in [0.29, 0.717) is 21.3 Å². The van der Waals surface area contributed by atoms with Crippen LogP contribution in [0.15, 0.2) is 60.7 Å². The summed E-state index contributed by atoms with van der Waals surface area (Å²) < 4.78 is 0.527. The first-order valence-corrected chi connectivity index (χ1v) is 12.3. The summed E-state index contributed by atoms with van der Waals surface area (Å²) in [5.74, 6) is -4.95. The Labute approximate surface area is 275 Å². The summed E-state index contributed by atoms with van der Waals surface area (Å²) >= 11 is 0. The van der Waals surface area contributed by atoms with Gasteiger partial charge in [-0.3, -0.25) is 0 Å². The molecule has 0 spiro atoms. The molecule has 4 aromatic rings. The van der Waals surface area contributed by atoms with Crippen LogP contribution in [0.3, 0.4) is 0 Å². The van der Waals surface area contributed by atoms with Gasteiger partial charge in [0.2, 0.25) is 0 Å². The third-order valence-corrected chi connectivity index (χ3v) is 6.69. The van der Waals surface area contributed by atoms with Gasteiger partial charge >= 0.3 is 41.1 Å². The molecule has 0 atom stereocenters. The van der Waals surface area contributed by atoms with E-state index in [2.05, 4.69) is 15.0 Å². The maximum Gasteiger partial charge on any atom is 2.00 e. The molecule has 5 heterocycles. The molecule has 45 heavy (non-hydrogen) atoms. The standard InChI is InChI=1S/C30H18N4O8.2ClH.Mn/c35-27(36)20-12-19-11-17-7-6-15(31-17)10-16-8-9-18(32-16)13-21-22(14-4-2-1-3-5-14)23(28(37)38)26(34(21)30(41)42)24(29(39)40)25(20)33-19;;;/h1-13,31H,(H,35,36)(H,37,38)(H,39,40)(H,41,42);2*1H;/q;;;+2/p-2. The van der Waals surface area contributed by atoms with Crippen molar-refractivity contribution in [2.75, 3.05) is 0 Å². The van der Waals surface area contributed by atoms with Gasteiger partial charge < -0.3 is 50.2 Å². The van der Waals surface area contributed by atoms with Crippen molar-refractivity contribution in [3.8, 4) is 11.1 Å². The number of H-pyrrole nitrogens is 1. The SMILES string of the molecule is O=C(O)C1=Cc2cc3ccc(cc4nc(cc5c(-c6ccccc6)c(C(=O)O)c(c(C(=O)O)c1n2)n5C(=O)O)C=C4)[nH]3.[Cl-].[Cl-].[Mn+2]. The summed E-state index contributed by atoms with van der Waals surface area (Å²) in [7, 11) is 0. The molecule has 6 rings (SSSR count). The Balaban J connectivity index is 0.00000184. The van der Waals surface area contributed by atoms with Gasteiger partial charge in [0.05, 0.1) is 44.9 Å². The zero-order chi connectivity index (χ0) is 29.7. The van der Waals surface area contributed by atoms with Crippen LogP contribution in [0.5, 0.6) is 0 Å². The maximum absolute atomic E-state index is 12.9. The summed E-state index contributed by atoms with van der Waals surface area (Å²) in [5.41, 5.74) is -1.49. The monoisotopic (exact) mass is 687 g/mol. The number of hydrogen-bond acceptors (Lipinski definition) is 6. The van der Waals surface area contributed by atoms with Crippen molar-refractivity contribution in [1.29, 1.82) is 0 Å². The van der Waals surface area contributed by atoms with E-state index in [1.54, 1.807) is 60.7 Å². The summed E-state index contributed by atoms with van der Waals surface area (Å²) in [6.07, 6.45) is 2.71. The van der Waals surface area contributed by atoms with Gasteiger partial charge in [0.25, 0.3) is 0 Å². The average Bonchev–Trinajstić information content (AvgIpc) is 3.71. The molecular formula is C30H18Cl2MnN4O8. The fraction of sp³-hybridized carbons (Fsp3) is 0.